The number of carboxylic acid groups (broad SMARTS) is 1. The number of nitrogens with zero attached hydrogens (tertiary/aromatic N) is 1. The van der Waals surface area contributed by atoms with Gasteiger partial charge in [-0.2, -0.15) is 0 Å². The van der Waals surface area contributed by atoms with Crippen molar-refractivity contribution >= 4 is 28.1 Å². The molecule has 0 spiro atoms. The average Bonchev–Trinajstić information content (AvgIpc) is 2.72. The average molecular weight is 381 g/mol. The van der Waals surface area contributed by atoms with E-state index < -0.39 is 5.97 Å². The molecule has 0 radical (unpaired) electrons. The Morgan fingerprint density at radius 3 is 2.21 bits per heavy atom. The van der Waals surface area contributed by atoms with E-state index in [0.29, 0.717) is 28.3 Å². The van der Waals surface area contributed by atoms with Gasteiger partial charge in [-0.3, -0.25) is 0 Å². The third-order valence-corrected chi connectivity index (χ3v) is 4.82. The Balaban J connectivity index is 1.91. The lowest BCUT2D eigenvalue weighted by Gasteiger charge is -2.15. The number of aromatic carboxylic acids is 1. The zero-order chi connectivity index (χ0) is 20.5. The normalized spacial score (nSPS) is 10.8. The largest absolute Gasteiger partial charge is 0.478 e. The highest BCUT2D eigenvalue weighted by atomic mass is 16.4. The molecular weight excluding hydrogens is 362 g/mol. The van der Waals surface area contributed by atoms with Crippen LogP contribution in [0.1, 0.15) is 15.9 Å². The molecule has 0 amide bonds. The minimum Gasteiger partial charge on any atom is -0.478 e. The third-order valence-electron chi connectivity index (χ3n) is 4.82. The number of fused-ring (bicyclic) bond motifs is 1. The maximum absolute atomic E-state index is 11.1. The highest BCUT2D eigenvalue weighted by Gasteiger charge is 2.16. The van der Waals surface area contributed by atoms with E-state index in [1.54, 1.807) is 30.3 Å². The molecule has 0 aliphatic rings. The van der Waals surface area contributed by atoms with Gasteiger partial charge in [-0.05, 0) is 35.0 Å². The molecule has 1 heterocycles. The van der Waals surface area contributed by atoms with Crippen molar-refractivity contribution in [2.24, 2.45) is 5.73 Å². The molecule has 3 aromatic carbocycles. The van der Waals surface area contributed by atoms with E-state index in [1.165, 1.54) is 0 Å². The molecule has 5 nitrogen and oxygen atoms in total. The van der Waals surface area contributed by atoms with Crippen molar-refractivity contribution in [2.75, 3.05) is 5.73 Å². The Morgan fingerprint density at radius 2 is 1.55 bits per heavy atom. The summed E-state index contributed by atoms with van der Waals surface area (Å²) in [6, 6.07) is 22.4. The number of pyridine rings is 1. The number of carbonyl (C=O) groups is 1. The van der Waals surface area contributed by atoms with Crippen molar-refractivity contribution in [3.05, 3.63) is 90.5 Å². The Labute approximate surface area is 167 Å². The van der Waals surface area contributed by atoms with Gasteiger partial charge in [0.1, 0.15) is 0 Å². The van der Waals surface area contributed by atoms with Gasteiger partial charge >= 0.3 is 5.97 Å². The van der Waals surface area contributed by atoms with Crippen molar-refractivity contribution in [2.45, 2.75) is 0 Å². The van der Waals surface area contributed by atoms with Gasteiger partial charge in [-0.1, -0.05) is 55.1 Å². The molecule has 0 bridgehead atoms. The smallest absolute Gasteiger partial charge is 0.335 e. The fraction of sp³-hybridized carbons (Fsp3) is 0. The summed E-state index contributed by atoms with van der Waals surface area (Å²) in [5.41, 5.74) is 16.9. The number of nitrogen functional groups attached to an aromatic ring is 1. The minimum absolute atomic E-state index is 0.212. The summed E-state index contributed by atoms with van der Waals surface area (Å²) < 4.78 is 0. The molecule has 5 heteroatoms. The lowest BCUT2D eigenvalue weighted by atomic mass is 9.97. The lowest BCUT2D eigenvalue weighted by Crippen LogP contribution is -2.05. The summed E-state index contributed by atoms with van der Waals surface area (Å²) in [5, 5.41) is 11.3. The van der Waals surface area contributed by atoms with Gasteiger partial charge in [0.05, 0.1) is 17.0 Å². The van der Waals surface area contributed by atoms with Gasteiger partial charge in [-0.15, -0.1) is 0 Å². The molecule has 4 aromatic rings. The Morgan fingerprint density at radius 1 is 0.897 bits per heavy atom. The summed E-state index contributed by atoms with van der Waals surface area (Å²) in [7, 11) is 0. The first-order chi connectivity index (χ1) is 13.9. The van der Waals surface area contributed by atoms with Crippen LogP contribution in [0.4, 0.5) is 5.69 Å². The highest BCUT2D eigenvalue weighted by molar-refractivity contribution is 5.92. The molecule has 0 saturated heterocycles. The van der Waals surface area contributed by atoms with Crippen molar-refractivity contribution in [1.82, 2.24) is 4.98 Å². The molecule has 0 atom stereocenters. The number of nitrogens with two attached hydrogens (primary N) is 2. The second-order valence-electron chi connectivity index (χ2n) is 6.79. The first-order valence-corrected chi connectivity index (χ1v) is 9.02. The fourth-order valence-electron chi connectivity index (χ4n) is 3.38. The first-order valence-electron chi connectivity index (χ1n) is 9.02. The Kier molecular flexibility index (Phi) is 4.49. The van der Waals surface area contributed by atoms with Crippen LogP contribution in [0.15, 0.2) is 79.4 Å². The molecule has 1 aromatic heterocycles. The van der Waals surface area contributed by atoms with Crippen LogP contribution < -0.4 is 11.5 Å². The number of hydrogen-bond acceptors (Lipinski definition) is 4. The first kappa shape index (κ1) is 18.3. The van der Waals surface area contributed by atoms with Gasteiger partial charge in [0.25, 0.3) is 0 Å². The molecule has 0 unspecified atom stereocenters. The van der Waals surface area contributed by atoms with Crippen molar-refractivity contribution < 1.29 is 9.90 Å². The summed E-state index contributed by atoms with van der Waals surface area (Å²) in [6.45, 7) is 3.86. The van der Waals surface area contributed by atoms with E-state index >= 15 is 0 Å². The predicted molar refractivity (Wildman–Crippen MR) is 117 cm³/mol. The van der Waals surface area contributed by atoms with Crippen LogP contribution in [0.25, 0.3) is 39.0 Å². The number of carboxylic acids is 1. The summed E-state index contributed by atoms with van der Waals surface area (Å²) >= 11 is 0. The summed E-state index contributed by atoms with van der Waals surface area (Å²) in [4.78, 5) is 15.9. The maximum Gasteiger partial charge on any atom is 0.335 e. The maximum atomic E-state index is 11.1. The summed E-state index contributed by atoms with van der Waals surface area (Å²) in [5.74, 6) is -0.976. The predicted octanol–water partition coefficient (Wildman–Crippen LogP) is 4.78. The Hall–Kier alpha value is -4.12. The van der Waals surface area contributed by atoms with Crippen LogP contribution >= 0.6 is 0 Å². The zero-order valence-electron chi connectivity index (χ0n) is 15.6. The second-order valence-corrected chi connectivity index (χ2v) is 6.79. The second kappa shape index (κ2) is 7.13. The monoisotopic (exact) mass is 381 g/mol. The van der Waals surface area contributed by atoms with Gasteiger partial charge in [0.2, 0.25) is 0 Å². The molecule has 0 fully saturated rings. The van der Waals surface area contributed by atoms with E-state index in [0.717, 1.165) is 21.9 Å². The van der Waals surface area contributed by atoms with E-state index in [-0.39, 0.29) is 5.56 Å². The SMILES string of the molecule is C=C(N)c1c(N)cc(-c2ccc(C(=O)O)cc2)nc1-c1ccc2ccccc2c1. The fourth-order valence-corrected chi connectivity index (χ4v) is 3.38. The van der Waals surface area contributed by atoms with E-state index in [9.17, 15) is 4.79 Å². The molecule has 0 aliphatic carbocycles. The molecule has 29 heavy (non-hydrogen) atoms. The molecule has 0 aliphatic heterocycles. The van der Waals surface area contributed by atoms with E-state index in [2.05, 4.69) is 6.58 Å². The van der Waals surface area contributed by atoms with Crippen molar-refractivity contribution in [1.29, 1.82) is 0 Å². The standard InChI is InChI=1S/C24H19N3O2/c1-14(25)22-20(26)13-21(16-7-9-17(10-8-16)24(28)29)27-23(22)19-11-6-15-4-2-3-5-18(15)12-19/h2-13H,1,25H2,(H2,26,27)(H,28,29). The molecule has 5 N–H and O–H groups in total. The van der Waals surface area contributed by atoms with Crippen LogP contribution in [0.2, 0.25) is 0 Å². The minimum atomic E-state index is -0.976. The Bertz CT molecular complexity index is 1260. The lowest BCUT2D eigenvalue weighted by molar-refractivity contribution is 0.0697. The number of hydrogen-bond donors (Lipinski definition) is 3. The quantitative estimate of drug-likeness (QED) is 0.472. The number of rotatable bonds is 4. The van der Waals surface area contributed by atoms with Gasteiger partial charge in [0, 0.05) is 28.1 Å². The number of benzene rings is 3. The topological polar surface area (TPSA) is 102 Å². The molecule has 4 rings (SSSR count). The van der Waals surface area contributed by atoms with Crippen LogP contribution in [0.5, 0.6) is 0 Å². The van der Waals surface area contributed by atoms with Crippen LogP contribution in [0.3, 0.4) is 0 Å². The summed E-state index contributed by atoms with van der Waals surface area (Å²) in [6.07, 6.45) is 0. The molecule has 0 saturated carbocycles. The van der Waals surface area contributed by atoms with Gasteiger partial charge in [0.15, 0.2) is 0 Å². The van der Waals surface area contributed by atoms with Crippen molar-refractivity contribution in [3.8, 4) is 22.5 Å². The highest BCUT2D eigenvalue weighted by Crippen LogP contribution is 2.34. The van der Waals surface area contributed by atoms with Gasteiger partial charge < -0.3 is 16.6 Å². The third kappa shape index (κ3) is 3.41. The van der Waals surface area contributed by atoms with E-state index in [1.807, 2.05) is 42.5 Å². The zero-order valence-corrected chi connectivity index (χ0v) is 15.6. The van der Waals surface area contributed by atoms with Crippen LogP contribution in [-0.4, -0.2) is 16.1 Å². The number of anilines is 1. The van der Waals surface area contributed by atoms with Crippen molar-refractivity contribution in [3.63, 3.8) is 0 Å². The molecular formula is C24H19N3O2. The van der Waals surface area contributed by atoms with Crippen LogP contribution in [-0.2, 0) is 0 Å². The molecule has 142 valence electrons. The van der Waals surface area contributed by atoms with E-state index in [4.69, 9.17) is 21.6 Å². The van der Waals surface area contributed by atoms with Gasteiger partial charge in [-0.25, -0.2) is 9.78 Å². The van der Waals surface area contributed by atoms with Crippen LogP contribution in [0, 0.1) is 0 Å². The number of aromatic nitrogens is 1.